The van der Waals surface area contributed by atoms with Crippen molar-refractivity contribution in [2.45, 2.75) is 0 Å². The van der Waals surface area contributed by atoms with E-state index in [-0.39, 0.29) is 5.91 Å². The monoisotopic (exact) mass is 323 g/mol. The first-order chi connectivity index (χ1) is 11.7. The van der Waals surface area contributed by atoms with Crippen LogP contribution in [0.3, 0.4) is 0 Å². The second kappa shape index (κ2) is 8.08. The molecule has 3 rings (SSSR count). The van der Waals surface area contributed by atoms with Crippen LogP contribution >= 0.6 is 0 Å². The predicted octanol–water partition coefficient (Wildman–Crippen LogP) is 2.22. The summed E-state index contributed by atoms with van der Waals surface area (Å²) in [7, 11) is 2.15. The molecule has 0 saturated carbocycles. The zero-order valence-electron chi connectivity index (χ0n) is 14.2. The molecule has 2 aromatic carbocycles. The summed E-state index contributed by atoms with van der Waals surface area (Å²) in [5.41, 5.74) is 1.07. The van der Waals surface area contributed by atoms with Gasteiger partial charge in [0.1, 0.15) is 0 Å². The van der Waals surface area contributed by atoms with Gasteiger partial charge in [-0.05, 0) is 29.5 Å². The first-order valence-electron chi connectivity index (χ1n) is 8.57. The standard InChI is InChI=1S/C20H25N3O/c1-22-13-15-23(16-14-22)12-11-21-20(24)10-9-18-7-4-6-17-5-2-3-8-19(17)18/h2-10H,11-16H2,1H3,(H,21,24). The lowest BCUT2D eigenvalue weighted by atomic mass is 10.0. The number of nitrogens with zero attached hydrogens (tertiary/aromatic N) is 2. The molecule has 1 heterocycles. The van der Waals surface area contributed by atoms with E-state index in [2.05, 4.69) is 40.4 Å². The van der Waals surface area contributed by atoms with Gasteiger partial charge in [-0.25, -0.2) is 0 Å². The highest BCUT2D eigenvalue weighted by molar-refractivity contribution is 5.96. The SMILES string of the molecule is CN1CCN(CCNC(=O)C=Cc2cccc3ccccc23)CC1. The van der Waals surface area contributed by atoms with Gasteiger partial charge >= 0.3 is 0 Å². The Morgan fingerprint density at radius 1 is 1.08 bits per heavy atom. The summed E-state index contributed by atoms with van der Waals surface area (Å²) in [6.45, 7) is 5.99. The molecule has 1 fully saturated rings. The number of likely N-dealkylation sites (N-methyl/N-ethyl adjacent to an activating group) is 1. The third kappa shape index (κ3) is 4.43. The smallest absolute Gasteiger partial charge is 0.244 e. The van der Waals surface area contributed by atoms with Crippen molar-refractivity contribution < 1.29 is 4.79 Å². The maximum atomic E-state index is 12.0. The second-order valence-electron chi connectivity index (χ2n) is 6.34. The maximum Gasteiger partial charge on any atom is 0.244 e. The van der Waals surface area contributed by atoms with Crippen molar-refractivity contribution in [3.8, 4) is 0 Å². The van der Waals surface area contributed by atoms with Gasteiger partial charge in [0.2, 0.25) is 5.91 Å². The molecule has 4 nitrogen and oxygen atoms in total. The average molecular weight is 323 g/mol. The number of hydrogen-bond donors (Lipinski definition) is 1. The normalized spacial score (nSPS) is 16.7. The number of carbonyl (C=O) groups is 1. The summed E-state index contributed by atoms with van der Waals surface area (Å²) in [6, 6.07) is 14.4. The van der Waals surface area contributed by atoms with Crippen molar-refractivity contribution in [2.75, 3.05) is 46.3 Å². The number of carbonyl (C=O) groups excluding carboxylic acids is 1. The van der Waals surface area contributed by atoms with Gasteiger partial charge in [0, 0.05) is 45.3 Å². The molecule has 1 N–H and O–H groups in total. The summed E-state index contributed by atoms with van der Waals surface area (Å²) in [6.07, 6.45) is 3.53. The van der Waals surface area contributed by atoms with Gasteiger partial charge in [-0.3, -0.25) is 9.69 Å². The van der Waals surface area contributed by atoms with E-state index < -0.39 is 0 Å². The van der Waals surface area contributed by atoms with E-state index in [1.807, 2.05) is 30.3 Å². The number of amides is 1. The minimum atomic E-state index is -0.0305. The number of rotatable bonds is 5. The van der Waals surface area contributed by atoms with Crippen molar-refractivity contribution in [1.82, 2.24) is 15.1 Å². The number of piperazine rings is 1. The van der Waals surface area contributed by atoms with Crippen LogP contribution in [0.4, 0.5) is 0 Å². The molecular weight excluding hydrogens is 298 g/mol. The zero-order valence-corrected chi connectivity index (χ0v) is 14.2. The first kappa shape index (κ1) is 16.7. The molecule has 1 aliphatic rings. The number of nitrogens with one attached hydrogen (secondary N) is 1. The number of fused-ring (bicyclic) bond motifs is 1. The highest BCUT2D eigenvalue weighted by Gasteiger charge is 2.12. The van der Waals surface area contributed by atoms with Crippen molar-refractivity contribution in [1.29, 1.82) is 0 Å². The van der Waals surface area contributed by atoms with Crippen LogP contribution in [-0.4, -0.2) is 62.0 Å². The fraction of sp³-hybridized carbons (Fsp3) is 0.350. The minimum Gasteiger partial charge on any atom is -0.351 e. The van der Waals surface area contributed by atoms with E-state index in [0.29, 0.717) is 6.54 Å². The van der Waals surface area contributed by atoms with Gasteiger partial charge in [0.25, 0.3) is 0 Å². The average Bonchev–Trinajstić information content (AvgIpc) is 2.61. The Bertz CT molecular complexity index is 712. The molecule has 0 bridgehead atoms. The molecule has 1 saturated heterocycles. The van der Waals surface area contributed by atoms with Crippen LogP contribution in [0.25, 0.3) is 16.8 Å². The minimum absolute atomic E-state index is 0.0305. The van der Waals surface area contributed by atoms with Crippen LogP contribution in [0.1, 0.15) is 5.56 Å². The number of benzene rings is 2. The van der Waals surface area contributed by atoms with Crippen LogP contribution in [0.5, 0.6) is 0 Å². The van der Waals surface area contributed by atoms with Gasteiger partial charge in [-0.2, -0.15) is 0 Å². The Morgan fingerprint density at radius 3 is 2.67 bits per heavy atom. The summed E-state index contributed by atoms with van der Waals surface area (Å²) in [5.74, 6) is -0.0305. The zero-order chi connectivity index (χ0) is 16.8. The largest absolute Gasteiger partial charge is 0.351 e. The Kier molecular flexibility index (Phi) is 5.62. The molecule has 0 atom stereocenters. The van der Waals surface area contributed by atoms with E-state index in [1.165, 1.54) is 10.8 Å². The van der Waals surface area contributed by atoms with Gasteiger partial charge < -0.3 is 10.2 Å². The fourth-order valence-corrected chi connectivity index (χ4v) is 3.03. The quantitative estimate of drug-likeness (QED) is 0.857. The van der Waals surface area contributed by atoms with Crippen molar-refractivity contribution >= 4 is 22.8 Å². The van der Waals surface area contributed by atoms with Crippen LogP contribution in [0, 0.1) is 0 Å². The molecule has 2 aromatic rings. The Morgan fingerprint density at radius 2 is 1.83 bits per heavy atom. The lowest BCUT2D eigenvalue weighted by molar-refractivity contribution is -0.116. The molecule has 0 radical (unpaired) electrons. The maximum absolute atomic E-state index is 12.0. The van der Waals surface area contributed by atoms with Crippen molar-refractivity contribution in [3.05, 3.63) is 54.1 Å². The highest BCUT2D eigenvalue weighted by Crippen LogP contribution is 2.19. The molecule has 1 aliphatic heterocycles. The summed E-state index contributed by atoms with van der Waals surface area (Å²) >= 11 is 0. The van der Waals surface area contributed by atoms with Gasteiger partial charge in [0.05, 0.1) is 0 Å². The van der Waals surface area contributed by atoms with Gasteiger partial charge in [0.15, 0.2) is 0 Å². The lowest BCUT2D eigenvalue weighted by Gasteiger charge is -2.32. The number of hydrogen-bond acceptors (Lipinski definition) is 3. The van der Waals surface area contributed by atoms with Crippen LogP contribution in [0.2, 0.25) is 0 Å². The second-order valence-corrected chi connectivity index (χ2v) is 6.34. The highest BCUT2D eigenvalue weighted by atomic mass is 16.1. The third-order valence-corrected chi connectivity index (χ3v) is 4.56. The van der Waals surface area contributed by atoms with Crippen molar-refractivity contribution in [3.63, 3.8) is 0 Å². The first-order valence-corrected chi connectivity index (χ1v) is 8.57. The Hall–Kier alpha value is -2.17. The van der Waals surface area contributed by atoms with E-state index in [9.17, 15) is 4.79 Å². The third-order valence-electron chi connectivity index (χ3n) is 4.56. The summed E-state index contributed by atoms with van der Waals surface area (Å²) in [4.78, 5) is 16.8. The van der Waals surface area contributed by atoms with Gasteiger partial charge in [-0.15, -0.1) is 0 Å². The van der Waals surface area contributed by atoms with Crippen LogP contribution < -0.4 is 5.32 Å². The molecule has 126 valence electrons. The molecule has 0 unspecified atom stereocenters. The molecule has 0 spiro atoms. The molecule has 1 amide bonds. The molecule has 0 aliphatic carbocycles. The Balaban J connectivity index is 1.50. The van der Waals surface area contributed by atoms with E-state index in [1.54, 1.807) is 6.08 Å². The topological polar surface area (TPSA) is 35.6 Å². The predicted molar refractivity (Wildman–Crippen MR) is 99.9 cm³/mol. The molecule has 24 heavy (non-hydrogen) atoms. The van der Waals surface area contributed by atoms with E-state index in [0.717, 1.165) is 38.3 Å². The van der Waals surface area contributed by atoms with Crippen LogP contribution in [-0.2, 0) is 4.79 Å². The summed E-state index contributed by atoms with van der Waals surface area (Å²) < 4.78 is 0. The summed E-state index contributed by atoms with van der Waals surface area (Å²) in [5, 5.41) is 5.34. The molecular formula is C20H25N3O. The van der Waals surface area contributed by atoms with E-state index >= 15 is 0 Å². The van der Waals surface area contributed by atoms with Crippen molar-refractivity contribution in [2.24, 2.45) is 0 Å². The Labute approximate surface area is 143 Å². The van der Waals surface area contributed by atoms with Gasteiger partial charge in [-0.1, -0.05) is 42.5 Å². The molecule has 0 aromatic heterocycles. The molecule has 4 heteroatoms. The lowest BCUT2D eigenvalue weighted by Crippen LogP contribution is -2.46. The van der Waals surface area contributed by atoms with Crippen LogP contribution in [0.15, 0.2) is 48.5 Å². The fourth-order valence-electron chi connectivity index (χ4n) is 3.03. The van der Waals surface area contributed by atoms with E-state index in [4.69, 9.17) is 0 Å².